The summed E-state index contributed by atoms with van der Waals surface area (Å²) < 4.78 is 23.5. The average molecular weight is 340 g/mol. The molecular weight excluding hydrogens is 316 g/mol. The zero-order chi connectivity index (χ0) is 17.0. The number of hydrogen-bond donors (Lipinski definition) is 1. The fourth-order valence-electron chi connectivity index (χ4n) is 2.77. The first-order valence-corrected chi connectivity index (χ1v) is 9.79. The van der Waals surface area contributed by atoms with E-state index in [1.807, 2.05) is 18.7 Å². The molecule has 1 aliphatic heterocycles. The molecule has 1 unspecified atom stereocenters. The molecule has 0 saturated carbocycles. The summed E-state index contributed by atoms with van der Waals surface area (Å²) in [6, 6.07) is 1.55. The lowest BCUT2D eigenvalue weighted by molar-refractivity contribution is 0.0948. The quantitative estimate of drug-likeness (QED) is 0.828. The number of nitrogens with one attached hydrogen (secondary N) is 1. The molecule has 0 spiro atoms. The molecule has 128 valence electrons. The van der Waals surface area contributed by atoms with Crippen LogP contribution < -0.4 is 10.2 Å². The maximum atomic E-state index is 12.1. The summed E-state index contributed by atoms with van der Waals surface area (Å²) in [7, 11) is -2.97. The third-order valence-electron chi connectivity index (χ3n) is 3.88. The van der Waals surface area contributed by atoms with Crippen molar-refractivity contribution in [3.05, 3.63) is 17.6 Å². The van der Waals surface area contributed by atoms with Crippen LogP contribution >= 0.6 is 0 Å². The minimum Gasteiger partial charge on any atom is -0.353 e. The maximum absolute atomic E-state index is 12.1. The van der Waals surface area contributed by atoms with Gasteiger partial charge in [0.25, 0.3) is 5.91 Å². The first-order chi connectivity index (χ1) is 10.9. The minimum atomic E-state index is -2.97. The Morgan fingerprint density at radius 3 is 2.70 bits per heavy atom. The van der Waals surface area contributed by atoms with Crippen LogP contribution in [0.4, 0.5) is 5.82 Å². The highest BCUT2D eigenvalue weighted by molar-refractivity contribution is 7.91. The third kappa shape index (κ3) is 4.40. The van der Waals surface area contributed by atoms with Crippen LogP contribution in [0.5, 0.6) is 0 Å². The summed E-state index contributed by atoms with van der Waals surface area (Å²) >= 11 is 0. The van der Waals surface area contributed by atoms with Gasteiger partial charge in [0.15, 0.2) is 9.84 Å². The fourth-order valence-corrected chi connectivity index (χ4v) is 4.50. The Balaban J connectivity index is 2.26. The van der Waals surface area contributed by atoms with Crippen LogP contribution in [0.25, 0.3) is 0 Å². The molecule has 1 aromatic heterocycles. The van der Waals surface area contributed by atoms with Crippen LogP contribution in [0.3, 0.4) is 0 Å². The predicted octanol–water partition coefficient (Wildman–Crippen LogP) is 0.938. The number of carbonyl (C=O) groups excluding carboxylic acids is 1. The van der Waals surface area contributed by atoms with Gasteiger partial charge in [-0.2, -0.15) is 0 Å². The Kier molecular flexibility index (Phi) is 5.56. The van der Waals surface area contributed by atoms with E-state index >= 15 is 0 Å². The van der Waals surface area contributed by atoms with Crippen molar-refractivity contribution in [2.24, 2.45) is 0 Å². The van der Waals surface area contributed by atoms with Gasteiger partial charge in [0.05, 0.1) is 11.5 Å². The largest absolute Gasteiger partial charge is 0.353 e. The minimum absolute atomic E-state index is 0.0918. The van der Waals surface area contributed by atoms with Gasteiger partial charge in [-0.1, -0.05) is 6.92 Å². The second-order valence-corrected chi connectivity index (χ2v) is 7.99. The van der Waals surface area contributed by atoms with Gasteiger partial charge in [0.1, 0.15) is 17.3 Å². The van der Waals surface area contributed by atoms with Gasteiger partial charge in [0.2, 0.25) is 0 Å². The van der Waals surface area contributed by atoms with Crippen LogP contribution in [0.2, 0.25) is 0 Å². The van der Waals surface area contributed by atoms with Gasteiger partial charge in [-0.25, -0.2) is 18.4 Å². The summed E-state index contributed by atoms with van der Waals surface area (Å²) in [5, 5.41) is 2.80. The van der Waals surface area contributed by atoms with Gasteiger partial charge >= 0.3 is 0 Å². The summed E-state index contributed by atoms with van der Waals surface area (Å²) in [6.07, 6.45) is 1.44. The molecule has 1 amide bonds. The zero-order valence-electron chi connectivity index (χ0n) is 13.9. The SMILES string of the molecule is CCCNC(=O)c1cc(N(CC)C2CCS(=O)(=O)C2)nc(C)n1. The standard InChI is InChI=1S/C15H24N4O3S/c1-4-7-16-15(20)13-9-14(18-11(3)17-13)19(5-2)12-6-8-23(21,22)10-12/h9,12H,4-8,10H2,1-3H3,(H,16,20). The molecule has 2 rings (SSSR count). The summed E-state index contributed by atoms with van der Waals surface area (Å²) in [6.45, 7) is 6.90. The molecule has 1 N–H and O–H groups in total. The van der Waals surface area contributed by atoms with Crippen molar-refractivity contribution < 1.29 is 13.2 Å². The number of nitrogens with zero attached hydrogens (tertiary/aromatic N) is 3. The molecule has 1 fully saturated rings. The third-order valence-corrected chi connectivity index (χ3v) is 5.63. The van der Waals surface area contributed by atoms with Crippen molar-refractivity contribution in [2.45, 2.75) is 39.7 Å². The molecule has 0 bridgehead atoms. The zero-order valence-corrected chi connectivity index (χ0v) is 14.7. The van der Waals surface area contributed by atoms with E-state index in [4.69, 9.17) is 0 Å². The van der Waals surface area contributed by atoms with Gasteiger partial charge in [-0.3, -0.25) is 4.79 Å². The number of aromatic nitrogens is 2. The number of aryl methyl sites for hydroxylation is 1. The van der Waals surface area contributed by atoms with Crippen LogP contribution in [-0.2, 0) is 9.84 Å². The van der Waals surface area contributed by atoms with E-state index in [0.29, 0.717) is 36.8 Å². The van der Waals surface area contributed by atoms with E-state index in [2.05, 4.69) is 15.3 Å². The summed E-state index contributed by atoms with van der Waals surface area (Å²) in [5.41, 5.74) is 0.320. The van der Waals surface area contributed by atoms with E-state index in [-0.39, 0.29) is 23.5 Å². The molecule has 0 aliphatic carbocycles. The van der Waals surface area contributed by atoms with Gasteiger partial charge < -0.3 is 10.2 Å². The molecule has 1 aromatic rings. The van der Waals surface area contributed by atoms with E-state index in [1.54, 1.807) is 13.0 Å². The van der Waals surface area contributed by atoms with Crippen LogP contribution in [0, 0.1) is 6.92 Å². The van der Waals surface area contributed by atoms with Gasteiger partial charge in [-0.15, -0.1) is 0 Å². The number of hydrogen-bond acceptors (Lipinski definition) is 6. The molecule has 8 heteroatoms. The monoisotopic (exact) mass is 340 g/mol. The lowest BCUT2D eigenvalue weighted by Crippen LogP contribution is -2.37. The highest BCUT2D eigenvalue weighted by Gasteiger charge is 2.32. The van der Waals surface area contributed by atoms with E-state index in [1.165, 1.54) is 0 Å². The van der Waals surface area contributed by atoms with E-state index < -0.39 is 9.84 Å². The van der Waals surface area contributed by atoms with Crippen molar-refractivity contribution in [1.29, 1.82) is 0 Å². The van der Waals surface area contributed by atoms with Crippen molar-refractivity contribution >= 4 is 21.6 Å². The summed E-state index contributed by atoms with van der Waals surface area (Å²) in [4.78, 5) is 22.7. The molecule has 1 atom stereocenters. The number of carbonyl (C=O) groups is 1. The summed E-state index contributed by atoms with van der Waals surface area (Å²) in [5.74, 6) is 1.24. The smallest absolute Gasteiger partial charge is 0.270 e. The van der Waals surface area contributed by atoms with Gasteiger partial charge in [-0.05, 0) is 26.7 Å². The lowest BCUT2D eigenvalue weighted by Gasteiger charge is -2.28. The fraction of sp³-hybridized carbons (Fsp3) is 0.667. The Hall–Kier alpha value is -1.70. The molecule has 1 aliphatic rings. The Labute approximate surface area is 137 Å². The number of amides is 1. The lowest BCUT2D eigenvalue weighted by atomic mass is 10.2. The van der Waals surface area contributed by atoms with Crippen molar-refractivity contribution in [1.82, 2.24) is 15.3 Å². The second-order valence-electron chi connectivity index (χ2n) is 5.76. The van der Waals surface area contributed by atoms with Crippen LogP contribution in [0.1, 0.15) is 43.0 Å². The highest BCUT2D eigenvalue weighted by atomic mass is 32.2. The molecule has 2 heterocycles. The maximum Gasteiger partial charge on any atom is 0.270 e. The Morgan fingerprint density at radius 2 is 2.13 bits per heavy atom. The molecule has 0 aromatic carbocycles. The molecule has 1 saturated heterocycles. The average Bonchev–Trinajstić information content (AvgIpc) is 2.85. The van der Waals surface area contributed by atoms with Crippen molar-refractivity contribution in [3.63, 3.8) is 0 Å². The number of anilines is 1. The van der Waals surface area contributed by atoms with Gasteiger partial charge in [0, 0.05) is 25.2 Å². The molecular formula is C15H24N4O3S. The Bertz CT molecular complexity index is 675. The first-order valence-electron chi connectivity index (χ1n) is 7.97. The van der Waals surface area contributed by atoms with E-state index in [0.717, 1.165) is 6.42 Å². The second kappa shape index (κ2) is 7.25. The number of rotatable bonds is 6. The topological polar surface area (TPSA) is 92.3 Å². The van der Waals surface area contributed by atoms with Crippen molar-refractivity contribution in [3.8, 4) is 0 Å². The molecule has 7 nitrogen and oxygen atoms in total. The highest BCUT2D eigenvalue weighted by Crippen LogP contribution is 2.23. The molecule has 23 heavy (non-hydrogen) atoms. The van der Waals surface area contributed by atoms with Crippen LogP contribution in [0.15, 0.2) is 6.07 Å². The predicted molar refractivity (Wildman–Crippen MR) is 89.5 cm³/mol. The van der Waals surface area contributed by atoms with Crippen LogP contribution in [-0.4, -0.2) is 54.9 Å². The molecule has 0 radical (unpaired) electrons. The number of sulfone groups is 1. The van der Waals surface area contributed by atoms with E-state index in [9.17, 15) is 13.2 Å². The van der Waals surface area contributed by atoms with Crippen molar-refractivity contribution in [2.75, 3.05) is 29.5 Å². The normalized spacial score (nSPS) is 19.5. The first kappa shape index (κ1) is 17.7. The Morgan fingerprint density at radius 1 is 1.39 bits per heavy atom.